The molecule has 0 fully saturated rings. The molecule has 0 unspecified atom stereocenters. The molecule has 5 nitrogen and oxygen atoms in total. The molecule has 0 saturated carbocycles. The normalized spacial score (nSPS) is 13.9. The molecule has 0 rings (SSSR count). The molecule has 1 amide bonds. The summed E-state index contributed by atoms with van der Waals surface area (Å²) in [5, 5.41) is 0. The summed E-state index contributed by atoms with van der Waals surface area (Å²) in [7, 11) is -4.39. The number of nitrogens with two attached hydrogens (primary N) is 1. The van der Waals surface area contributed by atoms with E-state index >= 15 is 0 Å². The van der Waals surface area contributed by atoms with E-state index in [-0.39, 0.29) is 40.0 Å². The fourth-order valence-electron chi connectivity index (χ4n) is 1.25. The van der Waals surface area contributed by atoms with Crippen LogP contribution in [0.3, 0.4) is 0 Å². The Hall–Kier alpha value is 0.120. The number of amides is 1. The van der Waals surface area contributed by atoms with Crippen LogP contribution in [0.5, 0.6) is 0 Å². The van der Waals surface area contributed by atoms with Gasteiger partial charge in [0.1, 0.15) is 0 Å². The number of hydrogen-bond acceptors (Lipinski definition) is 3. The second kappa shape index (κ2) is 5.45. The van der Waals surface area contributed by atoms with Crippen molar-refractivity contribution in [1.29, 1.82) is 0 Å². The van der Waals surface area contributed by atoms with Gasteiger partial charge in [0.05, 0.1) is 4.91 Å². The van der Waals surface area contributed by atoms with Crippen LogP contribution in [0.4, 0.5) is 0 Å². The molecular weight excluding hydrogens is 229 g/mol. The third-order valence-electron chi connectivity index (χ3n) is 1.65. The van der Waals surface area contributed by atoms with Gasteiger partial charge in [0, 0.05) is 11.0 Å². The second-order valence-corrected chi connectivity index (χ2v) is 5.40. The van der Waals surface area contributed by atoms with E-state index in [0.29, 0.717) is 0 Å². The van der Waals surface area contributed by atoms with Gasteiger partial charge in [-0.05, 0) is 6.92 Å². The predicted molar refractivity (Wildman–Crippen MR) is 60.0 cm³/mol. The van der Waals surface area contributed by atoms with E-state index < -0.39 is 21.4 Å². The zero-order valence-electron chi connectivity index (χ0n) is 8.66. The summed E-state index contributed by atoms with van der Waals surface area (Å²) in [5.41, 5.74) is 3.96. The van der Waals surface area contributed by atoms with Crippen molar-refractivity contribution < 1.29 is 17.8 Å². The van der Waals surface area contributed by atoms with Crippen LogP contribution in [0.25, 0.3) is 0 Å². The number of allylic oxidation sites excluding steroid dienone is 1. The van der Waals surface area contributed by atoms with E-state index in [2.05, 4.69) is 0 Å². The summed E-state index contributed by atoms with van der Waals surface area (Å²) in [4.78, 5) is 10.5. The topological polar surface area (TPSA) is 97.5 Å². The van der Waals surface area contributed by atoms with E-state index in [9.17, 15) is 13.2 Å². The van der Waals surface area contributed by atoms with Crippen molar-refractivity contribution in [2.24, 2.45) is 11.1 Å². The van der Waals surface area contributed by atoms with Crippen molar-refractivity contribution in [2.75, 3.05) is 0 Å². The number of rotatable bonds is 2. The number of carbonyl (C=O) groups excluding carboxylic acids is 1. The zero-order chi connectivity index (χ0) is 11.7. The third kappa shape index (κ3) is 5.12. The Morgan fingerprint density at radius 1 is 1.27 bits per heavy atom. The third-order valence-corrected chi connectivity index (χ3v) is 3.08. The molecule has 0 aromatic heterocycles. The monoisotopic (exact) mass is 245 g/mol. The molecule has 0 bridgehead atoms. The van der Waals surface area contributed by atoms with Crippen molar-refractivity contribution in [2.45, 2.75) is 27.7 Å². The van der Waals surface area contributed by atoms with E-state index in [4.69, 9.17) is 10.3 Å². The van der Waals surface area contributed by atoms with Crippen LogP contribution in [0.1, 0.15) is 27.7 Å². The zero-order valence-corrected chi connectivity index (χ0v) is 9.47. The first-order valence-corrected chi connectivity index (χ1v) is 5.40. The molecule has 0 aromatic carbocycles. The Balaban J connectivity index is 0. The van der Waals surface area contributed by atoms with Gasteiger partial charge in [0.2, 0.25) is 5.91 Å². The van der Waals surface area contributed by atoms with Crippen molar-refractivity contribution in [3.63, 3.8) is 0 Å². The average Bonchev–Trinajstić information content (AvgIpc) is 1.79. The van der Waals surface area contributed by atoms with Crippen molar-refractivity contribution in [3.05, 3.63) is 10.5 Å². The van der Waals surface area contributed by atoms with Crippen LogP contribution in [0.2, 0.25) is 0 Å². The molecule has 7 heteroatoms. The SMILES string of the molecule is C/C(C(N)=O)=C(/C(C)(C)C)S(=O)(=O)O.[NaH]. The molecule has 0 spiro atoms. The van der Waals surface area contributed by atoms with E-state index in [0.717, 1.165) is 0 Å². The Morgan fingerprint density at radius 3 is 1.67 bits per heavy atom. The first kappa shape index (κ1) is 17.5. The first-order valence-electron chi connectivity index (χ1n) is 3.96. The Kier molecular flexibility index (Phi) is 6.36. The van der Waals surface area contributed by atoms with Crippen LogP contribution in [0.15, 0.2) is 10.5 Å². The molecule has 0 atom stereocenters. The van der Waals surface area contributed by atoms with Crippen LogP contribution < -0.4 is 5.73 Å². The molecule has 0 radical (unpaired) electrons. The molecule has 15 heavy (non-hydrogen) atoms. The Morgan fingerprint density at radius 2 is 1.60 bits per heavy atom. The fraction of sp³-hybridized carbons (Fsp3) is 0.625. The van der Waals surface area contributed by atoms with Gasteiger partial charge in [-0.3, -0.25) is 9.35 Å². The summed E-state index contributed by atoms with van der Waals surface area (Å²) >= 11 is 0. The molecule has 0 aliphatic heterocycles. The molecule has 3 N–H and O–H groups in total. The van der Waals surface area contributed by atoms with Crippen molar-refractivity contribution in [3.8, 4) is 0 Å². The molecule has 0 saturated heterocycles. The summed E-state index contributed by atoms with van der Waals surface area (Å²) in [5.74, 6) is -0.854. The summed E-state index contributed by atoms with van der Waals surface area (Å²) in [6, 6.07) is 0. The first-order chi connectivity index (χ1) is 5.98. The van der Waals surface area contributed by atoms with E-state index in [1.54, 1.807) is 20.8 Å². The quantitative estimate of drug-likeness (QED) is 0.407. The van der Waals surface area contributed by atoms with Gasteiger partial charge in [-0.25, -0.2) is 0 Å². The molecule has 0 aliphatic rings. The van der Waals surface area contributed by atoms with Crippen LogP contribution in [0, 0.1) is 5.41 Å². The second-order valence-electron chi connectivity index (χ2n) is 4.04. The number of hydrogen-bond donors (Lipinski definition) is 2. The molecule has 0 aromatic rings. The van der Waals surface area contributed by atoms with Gasteiger partial charge >= 0.3 is 29.6 Å². The van der Waals surface area contributed by atoms with Gasteiger partial charge < -0.3 is 5.73 Å². The summed E-state index contributed by atoms with van der Waals surface area (Å²) in [6.07, 6.45) is 0. The summed E-state index contributed by atoms with van der Waals surface area (Å²) < 4.78 is 31.0. The molecule has 0 aliphatic carbocycles. The van der Waals surface area contributed by atoms with E-state index in [1.165, 1.54) is 6.92 Å². The van der Waals surface area contributed by atoms with Gasteiger partial charge in [-0.15, -0.1) is 0 Å². The minimum atomic E-state index is -4.39. The van der Waals surface area contributed by atoms with Gasteiger partial charge in [0.25, 0.3) is 10.1 Å². The van der Waals surface area contributed by atoms with Crippen LogP contribution in [-0.4, -0.2) is 48.4 Å². The maximum absolute atomic E-state index is 11.0. The van der Waals surface area contributed by atoms with Gasteiger partial charge in [0.15, 0.2) is 0 Å². The number of carbonyl (C=O) groups is 1. The van der Waals surface area contributed by atoms with Crippen molar-refractivity contribution in [1.82, 2.24) is 0 Å². The average molecular weight is 245 g/mol. The van der Waals surface area contributed by atoms with Crippen molar-refractivity contribution >= 4 is 45.6 Å². The maximum atomic E-state index is 11.0. The number of primary amides is 1. The Labute approximate surface area is 112 Å². The van der Waals surface area contributed by atoms with E-state index in [1.807, 2.05) is 0 Å². The minimum absolute atomic E-state index is 0. The standard InChI is InChI=1S/C8H15NO4S.Na.H/c1-5(7(9)10)6(8(2,3)4)14(11,12)13;;/h1-4H3,(H2,9,10)(H,11,12,13);;/b6-5+;;. The Bertz CT molecular complexity index is 378. The van der Waals surface area contributed by atoms with Crippen LogP contribution in [-0.2, 0) is 14.9 Å². The predicted octanol–water partition coefficient (Wildman–Crippen LogP) is 0.0311. The fourth-order valence-corrected chi connectivity index (χ4v) is 2.52. The van der Waals surface area contributed by atoms with Crippen LogP contribution >= 0.6 is 0 Å². The molecule has 0 heterocycles. The van der Waals surface area contributed by atoms with Gasteiger partial charge in [-0.1, -0.05) is 20.8 Å². The van der Waals surface area contributed by atoms with Gasteiger partial charge in [-0.2, -0.15) is 8.42 Å². The summed E-state index contributed by atoms with van der Waals surface area (Å²) in [6.45, 7) is 5.99. The molecule has 84 valence electrons. The molecular formula is C8H16NNaO4S.